The van der Waals surface area contributed by atoms with Crippen LogP contribution in [0.5, 0.6) is 5.75 Å². The number of rotatable bonds is 9. The fraction of sp³-hybridized carbons (Fsp3) is 0.429. The fourth-order valence-electron chi connectivity index (χ4n) is 2.41. The van der Waals surface area contributed by atoms with Gasteiger partial charge in [0.1, 0.15) is 18.4 Å². The van der Waals surface area contributed by atoms with Gasteiger partial charge in [-0.3, -0.25) is 4.79 Å². The predicted molar refractivity (Wildman–Crippen MR) is 132 cm³/mol. The quantitative estimate of drug-likeness (QED) is 0.297. The molecule has 1 aromatic carbocycles. The van der Waals surface area contributed by atoms with Crippen molar-refractivity contribution in [2.24, 2.45) is 4.99 Å². The number of hydrogen-bond donors (Lipinski definition) is 2. The second kappa shape index (κ2) is 13.4. The Kier molecular flexibility index (Phi) is 11.7. The molecule has 2 aromatic rings. The molecule has 1 atom stereocenters. The van der Waals surface area contributed by atoms with Crippen molar-refractivity contribution in [1.82, 2.24) is 15.5 Å². The molecule has 29 heavy (non-hydrogen) atoms. The molecule has 0 spiro atoms. The summed E-state index contributed by atoms with van der Waals surface area (Å²) >= 11 is 1.74. The van der Waals surface area contributed by atoms with E-state index < -0.39 is 0 Å². The summed E-state index contributed by atoms with van der Waals surface area (Å²) < 4.78 is 6.00. The van der Waals surface area contributed by atoms with Crippen LogP contribution in [-0.2, 0) is 11.2 Å². The third-order valence-electron chi connectivity index (χ3n) is 4.09. The first-order valence-corrected chi connectivity index (χ1v) is 10.3. The molecule has 0 aliphatic rings. The lowest BCUT2D eigenvalue weighted by molar-refractivity contribution is -0.127. The molecule has 0 fully saturated rings. The van der Waals surface area contributed by atoms with Gasteiger partial charge in [0.15, 0.2) is 5.96 Å². The van der Waals surface area contributed by atoms with E-state index in [1.165, 1.54) is 9.78 Å². The van der Waals surface area contributed by atoms with Gasteiger partial charge >= 0.3 is 0 Å². The number of carbonyl (C=O) groups excluding carboxylic acids is 1. The van der Waals surface area contributed by atoms with E-state index in [4.69, 9.17) is 4.74 Å². The second-order valence-electron chi connectivity index (χ2n) is 6.78. The summed E-state index contributed by atoms with van der Waals surface area (Å²) in [6.45, 7) is 5.47. The first kappa shape index (κ1) is 25.2. The minimum absolute atomic E-state index is 0. The van der Waals surface area contributed by atoms with Crippen molar-refractivity contribution in [3.63, 3.8) is 0 Å². The van der Waals surface area contributed by atoms with Crippen LogP contribution >= 0.6 is 35.3 Å². The van der Waals surface area contributed by atoms with Crippen molar-refractivity contribution in [3.8, 4) is 5.75 Å². The van der Waals surface area contributed by atoms with Crippen molar-refractivity contribution in [3.05, 3.63) is 52.2 Å². The molecule has 0 saturated heterocycles. The van der Waals surface area contributed by atoms with Crippen LogP contribution in [0.15, 0.2) is 46.8 Å². The molecule has 1 unspecified atom stereocenters. The molecule has 1 heterocycles. The van der Waals surface area contributed by atoms with Gasteiger partial charge in [-0.2, -0.15) is 0 Å². The van der Waals surface area contributed by atoms with E-state index in [9.17, 15) is 4.79 Å². The number of guanidine groups is 1. The van der Waals surface area contributed by atoms with Gasteiger partial charge in [-0.15, -0.1) is 35.3 Å². The summed E-state index contributed by atoms with van der Waals surface area (Å²) in [7, 11) is 3.46. The molecule has 0 bridgehead atoms. The maximum atomic E-state index is 11.9. The molecule has 6 nitrogen and oxygen atoms in total. The Morgan fingerprint density at radius 2 is 1.97 bits per heavy atom. The predicted octanol–water partition coefficient (Wildman–Crippen LogP) is 3.31. The second-order valence-corrected chi connectivity index (χ2v) is 7.82. The largest absolute Gasteiger partial charge is 0.489 e. The van der Waals surface area contributed by atoms with Crippen LogP contribution < -0.4 is 15.4 Å². The first-order chi connectivity index (χ1) is 13.5. The van der Waals surface area contributed by atoms with E-state index in [0.29, 0.717) is 12.5 Å². The number of amides is 1. The van der Waals surface area contributed by atoms with Crippen LogP contribution in [-0.4, -0.2) is 56.6 Å². The highest BCUT2D eigenvalue weighted by atomic mass is 127. The molecular weight excluding hydrogens is 499 g/mol. The Morgan fingerprint density at radius 3 is 2.62 bits per heavy atom. The SMILES string of the molecule is Cc1ccccc1OC(C)CNC(=NCC(=O)N(C)C)NCCc1cccs1.I. The number of ether oxygens (including phenoxy) is 1. The summed E-state index contributed by atoms with van der Waals surface area (Å²) in [5.74, 6) is 1.46. The maximum absolute atomic E-state index is 11.9. The lowest BCUT2D eigenvalue weighted by Gasteiger charge is -2.19. The number of aliphatic imine (C=N–C) groups is 1. The third-order valence-corrected chi connectivity index (χ3v) is 5.03. The lowest BCUT2D eigenvalue weighted by atomic mass is 10.2. The van der Waals surface area contributed by atoms with Gasteiger partial charge < -0.3 is 20.3 Å². The number of likely N-dealkylation sites (N-methyl/N-ethyl adjacent to an activating group) is 1. The number of para-hydroxylation sites is 1. The van der Waals surface area contributed by atoms with Crippen LogP contribution in [0.4, 0.5) is 0 Å². The summed E-state index contributed by atoms with van der Waals surface area (Å²) in [4.78, 5) is 19.1. The topological polar surface area (TPSA) is 66.0 Å². The molecule has 1 amide bonds. The standard InChI is InChI=1S/C21H30N4O2S.HI/c1-16-8-5-6-10-19(16)27-17(2)14-23-21(24-15-20(26)25(3)4)22-12-11-18-9-7-13-28-18;/h5-10,13,17H,11-12,14-15H2,1-4H3,(H2,22,23,24);1H. The van der Waals surface area contributed by atoms with Gasteiger partial charge in [-0.25, -0.2) is 4.99 Å². The number of carbonyl (C=O) groups is 1. The number of benzene rings is 1. The van der Waals surface area contributed by atoms with Crippen molar-refractivity contribution in [2.45, 2.75) is 26.4 Å². The fourth-order valence-corrected chi connectivity index (χ4v) is 3.12. The van der Waals surface area contributed by atoms with Gasteiger partial charge in [-0.1, -0.05) is 24.3 Å². The molecule has 160 valence electrons. The van der Waals surface area contributed by atoms with E-state index in [1.807, 2.05) is 44.2 Å². The smallest absolute Gasteiger partial charge is 0.243 e. The van der Waals surface area contributed by atoms with Crippen LogP contribution in [0.1, 0.15) is 17.4 Å². The summed E-state index contributed by atoms with van der Waals surface area (Å²) in [5, 5.41) is 8.65. The van der Waals surface area contributed by atoms with Gasteiger partial charge in [0.2, 0.25) is 5.91 Å². The minimum atomic E-state index is -0.0463. The van der Waals surface area contributed by atoms with E-state index >= 15 is 0 Å². The summed E-state index contributed by atoms with van der Waals surface area (Å²) in [6, 6.07) is 12.1. The Morgan fingerprint density at radius 1 is 1.21 bits per heavy atom. The average molecular weight is 530 g/mol. The first-order valence-electron chi connectivity index (χ1n) is 9.42. The van der Waals surface area contributed by atoms with Crippen LogP contribution in [0, 0.1) is 6.92 Å². The van der Waals surface area contributed by atoms with Gasteiger partial charge in [-0.05, 0) is 43.3 Å². The molecule has 2 rings (SSSR count). The molecule has 1 aromatic heterocycles. The van der Waals surface area contributed by atoms with Gasteiger partial charge in [0.05, 0.1) is 6.54 Å². The Labute approximate surface area is 194 Å². The zero-order valence-electron chi connectivity index (χ0n) is 17.5. The molecule has 2 N–H and O–H groups in total. The Balaban J connectivity index is 0.00000420. The van der Waals surface area contributed by atoms with Crippen molar-refractivity contribution < 1.29 is 9.53 Å². The number of aryl methyl sites for hydroxylation is 1. The molecular formula is C21H31IN4O2S. The molecule has 0 radical (unpaired) electrons. The number of hydrogen-bond acceptors (Lipinski definition) is 4. The van der Waals surface area contributed by atoms with Crippen LogP contribution in [0.25, 0.3) is 0 Å². The monoisotopic (exact) mass is 530 g/mol. The van der Waals surface area contributed by atoms with Crippen LogP contribution in [0.3, 0.4) is 0 Å². The average Bonchev–Trinajstić information content (AvgIpc) is 3.18. The maximum Gasteiger partial charge on any atom is 0.243 e. The van der Waals surface area contributed by atoms with E-state index in [2.05, 4.69) is 27.1 Å². The van der Waals surface area contributed by atoms with E-state index in [0.717, 1.165) is 24.3 Å². The number of thiophene rings is 1. The number of nitrogens with zero attached hydrogens (tertiary/aromatic N) is 2. The van der Waals surface area contributed by atoms with Gasteiger partial charge in [0.25, 0.3) is 0 Å². The Hall–Kier alpha value is -1.81. The minimum Gasteiger partial charge on any atom is -0.489 e. The highest BCUT2D eigenvalue weighted by Crippen LogP contribution is 2.17. The van der Waals surface area contributed by atoms with Crippen LogP contribution in [0.2, 0.25) is 0 Å². The zero-order valence-corrected chi connectivity index (χ0v) is 20.6. The summed E-state index contributed by atoms with van der Waals surface area (Å²) in [5.41, 5.74) is 1.11. The lowest BCUT2D eigenvalue weighted by Crippen LogP contribution is -2.43. The van der Waals surface area contributed by atoms with Crippen molar-refractivity contribution in [1.29, 1.82) is 0 Å². The summed E-state index contributed by atoms with van der Waals surface area (Å²) in [6.07, 6.45) is 0.866. The molecule has 0 saturated carbocycles. The van der Waals surface area contributed by atoms with Crippen molar-refractivity contribution in [2.75, 3.05) is 33.7 Å². The molecule has 0 aliphatic carbocycles. The van der Waals surface area contributed by atoms with Gasteiger partial charge in [0, 0.05) is 25.5 Å². The normalized spacial score (nSPS) is 11.9. The van der Waals surface area contributed by atoms with E-state index in [-0.39, 0.29) is 42.5 Å². The number of halogens is 1. The number of nitrogens with one attached hydrogen (secondary N) is 2. The third kappa shape index (κ3) is 9.49. The molecule has 8 heteroatoms. The highest BCUT2D eigenvalue weighted by molar-refractivity contribution is 14.0. The molecule has 0 aliphatic heterocycles. The zero-order chi connectivity index (χ0) is 20.4. The Bertz CT molecular complexity index is 766. The van der Waals surface area contributed by atoms with Crippen molar-refractivity contribution >= 4 is 47.2 Å². The van der Waals surface area contributed by atoms with E-state index in [1.54, 1.807) is 25.4 Å². The highest BCUT2D eigenvalue weighted by Gasteiger charge is 2.09.